The van der Waals surface area contributed by atoms with Crippen molar-refractivity contribution >= 4 is 18.6 Å². The van der Waals surface area contributed by atoms with E-state index in [4.69, 9.17) is 0 Å². The maximum Gasteiger partial charge on any atom is 0.207 e. The van der Waals surface area contributed by atoms with E-state index >= 15 is 0 Å². The first-order chi connectivity index (χ1) is 12.1. The molecule has 2 rings (SSSR count). The third-order valence-electron chi connectivity index (χ3n) is 4.01. The summed E-state index contributed by atoms with van der Waals surface area (Å²) in [6.45, 7) is 14.7. The molecule has 1 amide bonds. The van der Waals surface area contributed by atoms with E-state index in [-0.39, 0.29) is 0 Å². The molecule has 0 aliphatic heterocycles. The van der Waals surface area contributed by atoms with Crippen LogP contribution < -0.4 is 5.32 Å². The van der Waals surface area contributed by atoms with Gasteiger partial charge >= 0.3 is 0 Å². The van der Waals surface area contributed by atoms with E-state index in [1.807, 2.05) is 31.2 Å². The highest BCUT2D eigenvalue weighted by Gasteiger charge is 2.14. The van der Waals surface area contributed by atoms with Crippen LogP contribution in [0.4, 0.5) is 0 Å². The third kappa shape index (κ3) is 4.53. The quantitative estimate of drug-likeness (QED) is 0.534. The first-order valence-electron chi connectivity index (χ1n) is 8.19. The van der Waals surface area contributed by atoms with Gasteiger partial charge in [0.25, 0.3) is 0 Å². The largest absolute Gasteiger partial charge is 0.351 e. The average Bonchev–Trinajstić information content (AvgIpc) is 2.99. The average molecular weight is 336 g/mol. The summed E-state index contributed by atoms with van der Waals surface area (Å²) >= 11 is 0. The van der Waals surface area contributed by atoms with Crippen LogP contribution in [0.3, 0.4) is 0 Å². The van der Waals surface area contributed by atoms with Gasteiger partial charge in [-0.1, -0.05) is 49.1 Å². The minimum atomic E-state index is 0.341. The van der Waals surface area contributed by atoms with Crippen LogP contribution in [0.5, 0.6) is 0 Å². The number of allylic oxidation sites excluding steroid dienone is 1. The second kappa shape index (κ2) is 8.78. The Morgan fingerprint density at radius 2 is 2.00 bits per heavy atom. The van der Waals surface area contributed by atoms with Gasteiger partial charge in [-0.3, -0.25) is 4.79 Å². The van der Waals surface area contributed by atoms with Crippen LogP contribution in [0.25, 0.3) is 12.2 Å². The van der Waals surface area contributed by atoms with Crippen LogP contribution in [-0.2, 0) is 24.3 Å². The summed E-state index contributed by atoms with van der Waals surface area (Å²) < 4.78 is 2.05. The Balaban J connectivity index is 2.40. The van der Waals surface area contributed by atoms with Gasteiger partial charge in [0.15, 0.2) is 5.82 Å². The number of aromatic nitrogens is 3. The van der Waals surface area contributed by atoms with Crippen molar-refractivity contribution in [3.8, 4) is 0 Å². The number of hydrogen-bond acceptors (Lipinski definition) is 3. The Morgan fingerprint density at radius 1 is 1.24 bits per heavy atom. The van der Waals surface area contributed by atoms with Crippen LogP contribution in [-0.4, -0.2) is 21.2 Å². The molecule has 0 fully saturated rings. The van der Waals surface area contributed by atoms with Gasteiger partial charge in [0.2, 0.25) is 6.41 Å². The molecule has 0 radical (unpaired) electrons. The topological polar surface area (TPSA) is 59.8 Å². The van der Waals surface area contributed by atoms with E-state index in [1.54, 1.807) is 0 Å². The number of carbonyl (C=O) groups excluding carboxylic acids is 1. The Morgan fingerprint density at radius 3 is 2.64 bits per heavy atom. The Labute approximate surface area is 148 Å². The van der Waals surface area contributed by atoms with Crippen molar-refractivity contribution in [2.24, 2.45) is 0 Å². The predicted octanol–water partition coefficient (Wildman–Crippen LogP) is 3.37. The molecule has 0 aliphatic carbocycles. The van der Waals surface area contributed by atoms with Crippen molar-refractivity contribution in [3.05, 3.63) is 71.8 Å². The molecule has 1 N–H and O–H groups in total. The molecule has 1 heterocycles. The Bertz CT molecular complexity index is 789. The summed E-state index contributed by atoms with van der Waals surface area (Å²) in [5.74, 6) is 1.60. The second-order valence-corrected chi connectivity index (χ2v) is 5.90. The lowest BCUT2D eigenvalue weighted by molar-refractivity contribution is -0.109. The summed E-state index contributed by atoms with van der Waals surface area (Å²) in [7, 11) is 0. The molecule has 130 valence electrons. The third-order valence-corrected chi connectivity index (χ3v) is 4.01. The van der Waals surface area contributed by atoms with Crippen LogP contribution >= 0.6 is 0 Å². The monoisotopic (exact) mass is 336 g/mol. The smallest absolute Gasteiger partial charge is 0.207 e. The van der Waals surface area contributed by atoms with Crippen molar-refractivity contribution in [2.45, 2.75) is 32.9 Å². The lowest BCUT2D eigenvalue weighted by Crippen LogP contribution is -2.17. The molecule has 0 aliphatic rings. The Kier molecular flexibility index (Phi) is 6.46. The van der Waals surface area contributed by atoms with Crippen LogP contribution in [0.2, 0.25) is 0 Å². The summed E-state index contributed by atoms with van der Waals surface area (Å²) in [6.07, 6.45) is 5.94. The van der Waals surface area contributed by atoms with E-state index < -0.39 is 0 Å². The minimum absolute atomic E-state index is 0.341. The fourth-order valence-electron chi connectivity index (χ4n) is 2.70. The zero-order valence-electron chi connectivity index (χ0n) is 14.7. The predicted molar refractivity (Wildman–Crippen MR) is 102 cm³/mol. The maximum absolute atomic E-state index is 10.6. The van der Waals surface area contributed by atoms with E-state index in [9.17, 15) is 4.79 Å². The van der Waals surface area contributed by atoms with Gasteiger partial charge in [-0.2, -0.15) is 0 Å². The second-order valence-electron chi connectivity index (χ2n) is 5.90. The van der Waals surface area contributed by atoms with Crippen molar-refractivity contribution in [1.29, 1.82) is 0 Å². The van der Waals surface area contributed by atoms with E-state index in [0.717, 1.165) is 46.8 Å². The summed E-state index contributed by atoms with van der Waals surface area (Å²) in [4.78, 5) is 10.6. The molecule has 0 bridgehead atoms. The van der Waals surface area contributed by atoms with Gasteiger partial charge in [0.1, 0.15) is 5.82 Å². The first-order valence-corrected chi connectivity index (χ1v) is 8.19. The Hall–Kier alpha value is -2.95. The fraction of sp³-hybridized carbons (Fsp3) is 0.250. The van der Waals surface area contributed by atoms with Crippen molar-refractivity contribution in [3.63, 3.8) is 0 Å². The molecule has 0 unspecified atom stereocenters. The standard InChI is InChI=1S/C20H24N4O/c1-5-16-8-7-9-17(18(16)6-2)13-24-19(11-10-15(3)4)22-23-20(24)12-21-14-25/h5-9,14H,1-3,10-13H2,4H3,(H,21,25). The molecule has 1 aromatic carbocycles. The minimum Gasteiger partial charge on any atom is -0.351 e. The zero-order chi connectivity index (χ0) is 18.2. The fourth-order valence-corrected chi connectivity index (χ4v) is 2.70. The number of carbonyl (C=O) groups is 1. The molecule has 5 nitrogen and oxygen atoms in total. The number of hydrogen-bond donors (Lipinski definition) is 1. The lowest BCUT2D eigenvalue weighted by atomic mass is 10.0. The van der Waals surface area contributed by atoms with Crippen LogP contribution in [0.1, 0.15) is 41.7 Å². The molecule has 0 atom stereocenters. The van der Waals surface area contributed by atoms with Gasteiger partial charge < -0.3 is 9.88 Å². The number of aryl methyl sites for hydroxylation is 1. The number of amides is 1. The molecule has 2 aromatic rings. The molecule has 0 saturated carbocycles. The van der Waals surface area contributed by atoms with E-state index in [2.05, 4.69) is 45.9 Å². The van der Waals surface area contributed by atoms with Gasteiger partial charge in [0.05, 0.1) is 13.1 Å². The molecule has 0 spiro atoms. The highest BCUT2D eigenvalue weighted by atomic mass is 16.1. The van der Waals surface area contributed by atoms with Crippen LogP contribution in [0.15, 0.2) is 43.5 Å². The summed E-state index contributed by atoms with van der Waals surface area (Å²) in [5.41, 5.74) is 4.29. The number of nitrogens with one attached hydrogen (secondary N) is 1. The molecular formula is C20H24N4O. The molecular weight excluding hydrogens is 312 g/mol. The normalized spacial score (nSPS) is 10.3. The van der Waals surface area contributed by atoms with Gasteiger partial charge in [-0.25, -0.2) is 0 Å². The highest BCUT2D eigenvalue weighted by molar-refractivity contribution is 5.66. The molecule has 25 heavy (non-hydrogen) atoms. The van der Waals surface area contributed by atoms with Gasteiger partial charge in [0, 0.05) is 6.42 Å². The van der Waals surface area contributed by atoms with Crippen molar-refractivity contribution < 1.29 is 4.79 Å². The number of nitrogens with zero attached hydrogens (tertiary/aromatic N) is 3. The SMILES string of the molecule is C=Cc1cccc(Cn2c(CCC(=C)C)nnc2CNC=O)c1C=C. The van der Waals surface area contributed by atoms with Crippen molar-refractivity contribution in [1.82, 2.24) is 20.1 Å². The summed E-state index contributed by atoms with van der Waals surface area (Å²) in [5, 5.41) is 11.2. The molecule has 0 saturated heterocycles. The molecule has 5 heteroatoms. The highest BCUT2D eigenvalue weighted by Crippen LogP contribution is 2.20. The number of benzene rings is 1. The lowest BCUT2D eigenvalue weighted by Gasteiger charge is -2.14. The maximum atomic E-state index is 10.6. The van der Waals surface area contributed by atoms with Crippen LogP contribution in [0, 0.1) is 0 Å². The summed E-state index contributed by atoms with van der Waals surface area (Å²) in [6, 6.07) is 6.07. The van der Waals surface area contributed by atoms with E-state index in [1.165, 1.54) is 0 Å². The van der Waals surface area contributed by atoms with Gasteiger partial charge in [-0.05, 0) is 30.0 Å². The van der Waals surface area contributed by atoms with Gasteiger partial charge in [-0.15, -0.1) is 16.8 Å². The zero-order valence-corrected chi connectivity index (χ0v) is 14.7. The van der Waals surface area contributed by atoms with Crippen molar-refractivity contribution in [2.75, 3.05) is 0 Å². The first kappa shape index (κ1) is 18.4. The molecule has 1 aromatic heterocycles. The van der Waals surface area contributed by atoms with E-state index in [0.29, 0.717) is 19.5 Å². The number of rotatable bonds is 10.